The summed E-state index contributed by atoms with van der Waals surface area (Å²) in [6, 6.07) is 9.14. The van der Waals surface area contributed by atoms with Gasteiger partial charge in [0.25, 0.3) is 5.91 Å². The van der Waals surface area contributed by atoms with Crippen LogP contribution in [0.1, 0.15) is 22.5 Å². The third-order valence-corrected chi connectivity index (χ3v) is 3.01. The van der Waals surface area contributed by atoms with Crippen LogP contribution in [-0.2, 0) is 11.3 Å². The second-order valence-electron chi connectivity index (χ2n) is 4.71. The smallest absolute Gasteiger partial charge is 0.253 e. The fraction of sp³-hybridized carbons (Fsp3) is 0.312. The molecule has 0 aliphatic rings. The number of methoxy groups -OCH3 is 1. The minimum atomic E-state index is -0.163. The van der Waals surface area contributed by atoms with Crippen molar-refractivity contribution in [3.8, 4) is 0 Å². The summed E-state index contributed by atoms with van der Waals surface area (Å²) in [5.41, 5.74) is 1.35. The van der Waals surface area contributed by atoms with E-state index in [9.17, 15) is 4.79 Å². The van der Waals surface area contributed by atoms with Gasteiger partial charge in [-0.1, -0.05) is 6.07 Å². The molecule has 0 aromatic carbocycles. The summed E-state index contributed by atoms with van der Waals surface area (Å²) < 4.78 is 4.98. The maximum Gasteiger partial charge on any atom is 0.253 e. The van der Waals surface area contributed by atoms with Crippen molar-refractivity contribution in [2.45, 2.75) is 13.0 Å². The fourth-order valence-corrected chi connectivity index (χ4v) is 1.84. The monoisotopic (exact) mass is 300 g/mol. The second-order valence-corrected chi connectivity index (χ2v) is 4.71. The zero-order valence-electron chi connectivity index (χ0n) is 12.6. The molecule has 6 nitrogen and oxygen atoms in total. The van der Waals surface area contributed by atoms with Crippen LogP contribution in [0.25, 0.3) is 0 Å². The van der Waals surface area contributed by atoms with Crippen LogP contribution in [0.2, 0.25) is 0 Å². The molecule has 2 heterocycles. The molecule has 0 atom stereocenters. The van der Waals surface area contributed by atoms with E-state index in [-0.39, 0.29) is 5.91 Å². The molecular weight excluding hydrogens is 280 g/mol. The van der Waals surface area contributed by atoms with Gasteiger partial charge in [-0.25, -0.2) is 4.98 Å². The van der Waals surface area contributed by atoms with Crippen molar-refractivity contribution >= 4 is 11.7 Å². The largest absolute Gasteiger partial charge is 0.385 e. The number of anilines is 1. The highest BCUT2D eigenvalue weighted by molar-refractivity contribution is 5.93. The number of carbonyl (C=O) groups excluding carboxylic acids is 1. The van der Waals surface area contributed by atoms with Crippen LogP contribution in [0.3, 0.4) is 0 Å². The van der Waals surface area contributed by atoms with Gasteiger partial charge in [-0.05, 0) is 30.7 Å². The van der Waals surface area contributed by atoms with E-state index in [2.05, 4.69) is 20.6 Å². The van der Waals surface area contributed by atoms with Gasteiger partial charge in [0, 0.05) is 32.7 Å². The molecule has 116 valence electrons. The first-order valence-electron chi connectivity index (χ1n) is 7.16. The van der Waals surface area contributed by atoms with Gasteiger partial charge in [-0.3, -0.25) is 9.78 Å². The molecule has 2 aromatic rings. The number of carbonyl (C=O) groups is 1. The minimum Gasteiger partial charge on any atom is -0.385 e. The first-order chi connectivity index (χ1) is 10.8. The lowest BCUT2D eigenvalue weighted by Gasteiger charge is -2.07. The SMILES string of the molecule is COCCCNc1ccc(C(=O)NCc2ccccn2)cn1. The maximum atomic E-state index is 12.0. The van der Waals surface area contributed by atoms with Crippen molar-refractivity contribution in [2.24, 2.45) is 0 Å². The summed E-state index contributed by atoms with van der Waals surface area (Å²) in [4.78, 5) is 20.4. The number of amides is 1. The molecule has 2 N–H and O–H groups in total. The minimum absolute atomic E-state index is 0.163. The summed E-state index contributed by atoms with van der Waals surface area (Å²) in [6.45, 7) is 1.89. The van der Waals surface area contributed by atoms with Crippen molar-refractivity contribution in [1.29, 1.82) is 0 Å². The topological polar surface area (TPSA) is 76.1 Å². The van der Waals surface area contributed by atoms with E-state index in [1.807, 2.05) is 18.2 Å². The van der Waals surface area contributed by atoms with Crippen LogP contribution in [-0.4, -0.2) is 36.1 Å². The third-order valence-electron chi connectivity index (χ3n) is 3.01. The van der Waals surface area contributed by atoms with Crippen LogP contribution < -0.4 is 10.6 Å². The summed E-state index contributed by atoms with van der Waals surface area (Å²) in [7, 11) is 1.68. The molecule has 1 amide bonds. The fourth-order valence-electron chi connectivity index (χ4n) is 1.84. The summed E-state index contributed by atoms with van der Waals surface area (Å²) in [6.07, 6.45) is 4.17. The van der Waals surface area contributed by atoms with Crippen LogP contribution in [0.5, 0.6) is 0 Å². The summed E-state index contributed by atoms with van der Waals surface area (Å²) >= 11 is 0. The predicted octanol–water partition coefficient (Wildman–Crippen LogP) is 1.85. The molecule has 0 saturated heterocycles. The lowest BCUT2D eigenvalue weighted by atomic mass is 10.2. The number of rotatable bonds is 8. The van der Waals surface area contributed by atoms with E-state index in [1.165, 1.54) is 0 Å². The molecule has 0 fully saturated rings. The quantitative estimate of drug-likeness (QED) is 0.728. The van der Waals surface area contributed by atoms with Crippen molar-refractivity contribution < 1.29 is 9.53 Å². The number of nitrogens with zero attached hydrogens (tertiary/aromatic N) is 2. The van der Waals surface area contributed by atoms with Crippen LogP contribution in [0.15, 0.2) is 42.7 Å². The van der Waals surface area contributed by atoms with Gasteiger partial charge in [-0.2, -0.15) is 0 Å². The first-order valence-corrected chi connectivity index (χ1v) is 7.16. The molecule has 0 spiro atoms. The Bertz CT molecular complexity index is 572. The molecule has 0 aliphatic carbocycles. The number of pyridine rings is 2. The van der Waals surface area contributed by atoms with Gasteiger partial charge in [0.15, 0.2) is 0 Å². The van der Waals surface area contributed by atoms with Gasteiger partial charge in [0.1, 0.15) is 5.82 Å². The van der Waals surface area contributed by atoms with Gasteiger partial charge in [0.2, 0.25) is 0 Å². The molecule has 22 heavy (non-hydrogen) atoms. The Kier molecular flexibility index (Phi) is 6.32. The Morgan fingerprint density at radius 1 is 1.23 bits per heavy atom. The number of hydrogen-bond donors (Lipinski definition) is 2. The van der Waals surface area contributed by atoms with E-state index < -0.39 is 0 Å². The molecule has 0 aliphatic heterocycles. The lowest BCUT2D eigenvalue weighted by Crippen LogP contribution is -2.23. The zero-order valence-corrected chi connectivity index (χ0v) is 12.6. The highest BCUT2D eigenvalue weighted by atomic mass is 16.5. The Morgan fingerprint density at radius 3 is 2.82 bits per heavy atom. The number of ether oxygens (including phenoxy) is 1. The van der Waals surface area contributed by atoms with Gasteiger partial charge in [-0.15, -0.1) is 0 Å². The number of hydrogen-bond acceptors (Lipinski definition) is 5. The van der Waals surface area contributed by atoms with E-state index in [0.717, 1.165) is 24.5 Å². The second kappa shape index (κ2) is 8.74. The first kappa shape index (κ1) is 15.9. The van der Waals surface area contributed by atoms with Gasteiger partial charge < -0.3 is 15.4 Å². The Morgan fingerprint density at radius 2 is 2.14 bits per heavy atom. The number of aromatic nitrogens is 2. The molecular formula is C16H20N4O2. The summed E-state index contributed by atoms with van der Waals surface area (Å²) in [5, 5.41) is 5.99. The lowest BCUT2D eigenvalue weighted by molar-refractivity contribution is 0.0950. The average molecular weight is 300 g/mol. The highest BCUT2D eigenvalue weighted by Crippen LogP contribution is 2.05. The Labute approximate surface area is 129 Å². The van der Waals surface area contributed by atoms with E-state index in [0.29, 0.717) is 18.7 Å². The average Bonchev–Trinajstić information content (AvgIpc) is 2.58. The van der Waals surface area contributed by atoms with Crippen molar-refractivity contribution in [2.75, 3.05) is 25.6 Å². The molecule has 0 saturated carbocycles. The maximum absolute atomic E-state index is 12.0. The molecule has 0 radical (unpaired) electrons. The molecule has 2 rings (SSSR count). The van der Waals surface area contributed by atoms with Gasteiger partial charge >= 0.3 is 0 Å². The Balaban J connectivity index is 1.80. The highest BCUT2D eigenvalue weighted by Gasteiger charge is 2.06. The number of nitrogens with one attached hydrogen (secondary N) is 2. The normalized spacial score (nSPS) is 10.2. The van der Waals surface area contributed by atoms with Crippen molar-refractivity contribution in [1.82, 2.24) is 15.3 Å². The van der Waals surface area contributed by atoms with Crippen LogP contribution >= 0.6 is 0 Å². The molecule has 0 unspecified atom stereocenters. The van der Waals surface area contributed by atoms with Crippen molar-refractivity contribution in [3.05, 3.63) is 54.0 Å². The van der Waals surface area contributed by atoms with E-state index in [4.69, 9.17) is 4.74 Å². The predicted molar refractivity (Wildman–Crippen MR) is 84.6 cm³/mol. The van der Waals surface area contributed by atoms with E-state index >= 15 is 0 Å². The summed E-state index contributed by atoms with van der Waals surface area (Å²) in [5.74, 6) is 0.585. The molecule has 2 aromatic heterocycles. The molecule has 6 heteroatoms. The van der Waals surface area contributed by atoms with Crippen LogP contribution in [0.4, 0.5) is 5.82 Å². The Hall–Kier alpha value is -2.47. The zero-order chi connectivity index (χ0) is 15.6. The standard InChI is InChI=1S/C16H20N4O2/c1-22-10-4-9-18-15-7-6-13(11-19-15)16(21)20-12-14-5-2-3-8-17-14/h2-3,5-8,11H,4,9-10,12H2,1H3,(H,18,19)(H,20,21). The molecule has 0 bridgehead atoms. The van der Waals surface area contributed by atoms with Gasteiger partial charge in [0.05, 0.1) is 17.8 Å². The van der Waals surface area contributed by atoms with Crippen LogP contribution in [0, 0.1) is 0 Å². The van der Waals surface area contributed by atoms with Crippen molar-refractivity contribution in [3.63, 3.8) is 0 Å². The van der Waals surface area contributed by atoms with E-state index in [1.54, 1.807) is 31.6 Å². The third kappa shape index (κ3) is 5.14.